The SMILES string of the molecule is CC[C@H](C)[C@@H]([C@@H](CC(=O)N1CCC[C@H]1[C@H](OC)[C@@H](C)C(=O)N[C@@H](Cc1c[nH]c2ccccc12)C(N)=O)OC)N(C)C(=O)[C@@H](NC(=O)[C@H](C(C)C)N(C)CCCC(=O)NNC(=O)CCCCCN)C(C)C.O=C(O)C(F)(F)F. The van der Waals surface area contributed by atoms with Crippen LogP contribution in [0.5, 0.6) is 0 Å². The summed E-state index contributed by atoms with van der Waals surface area (Å²) in [5.74, 6) is -6.59. The molecule has 77 heavy (non-hydrogen) atoms. The maximum Gasteiger partial charge on any atom is 0.490 e. The second-order valence-corrected chi connectivity index (χ2v) is 20.6. The number of nitrogens with zero attached hydrogens (tertiary/aromatic N) is 3. The average Bonchev–Trinajstić information content (AvgIpc) is 4.03. The first kappa shape index (κ1) is 67.3. The number of nitrogens with two attached hydrogens (primary N) is 2. The van der Waals surface area contributed by atoms with Gasteiger partial charge in [0.15, 0.2) is 0 Å². The lowest BCUT2D eigenvalue weighted by Gasteiger charge is -2.41. The molecule has 436 valence electrons. The second kappa shape index (κ2) is 32.8. The van der Waals surface area contributed by atoms with E-state index in [1.165, 1.54) is 14.2 Å². The first-order valence-electron chi connectivity index (χ1n) is 26.5. The molecule has 0 radical (unpaired) electrons. The van der Waals surface area contributed by atoms with E-state index in [0.29, 0.717) is 58.2 Å². The number of ether oxygens (including phenoxy) is 2. The fraction of sp³-hybridized carbons (Fsp3) is 0.698. The third-order valence-corrected chi connectivity index (χ3v) is 14.2. The minimum absolute atomic E-state index is 0.0520. The fourth-order valence-electron chi connectivity index (χ4n) is 9.84. The summed E-state index contributed by atoms with van der Waals surface area (Å²) in [6.45, 7) is 14.8. The van der Waals surface area contributed by atoms with Crippen LogP contribution in [0.4, 0.5) is 13.2 Å². The number of hydrazine groups is 1. The topological polar surface area (TPSA) is 301 Å². The van der Waals surface area contributed by atoms with Gasteiger partial charge in [0.25, 0.3) is 0 Å². The molecule has 1 aromatic heterocycles. The molecule has 21 nitrogen and oxygen atoms in total. The van der Waals surface area contributed by atoms with Crippen LogP contribution < -0.4 is 33.0 Å². The van der Waals surface area contributed by atoms with Gasteiger partial charge in [0.1, 0.15) is 12.1 Å². The van der Waals surface area contributed by atoms with Gasteiger partial charge in [0, 0.05) is 64.2 Å². The number of nitrogens with one attached hydrogen (secondary N) is 5. The van der Waals surface area contributed by atoms with E-state index in [9.17, 15) is 46.7 Å². The van der Waals surface area contributed by atoms with Crippen molar-refractivity contribution in [3.05, 3.63) is 36.0 Å². The van der Waals surface area contributed by atoms with Crippen LogP contribution in [0.2, 0.25) is 0 Å². The molecule has 0 bridgehead atoms. The second-order valence-electron chi connectivity index (χ2n) is 20.6. The van der Waals surface area contributed by atoms with Crippen molar-refractivity contribution in [1.82, 2.24) is 41.2 Å². The Kier molecular flexibility index (Phi) is 28.6. The van der Waals surface area contributed by atoms with Gasteiger partial charge < -0.3 is 51.5 Å². The van der Waals surface area contributed by atoms with Crippen molar-refractivity contribution in [3.63, 3.8) is 0 Å². The molecule has 7 amide bonds. The highest BCUT2D eigenvalue weighted by molar-refractivity contribution is 5.91. The minimum atomic E-state index is -5.08. The Morgan fingerprint density at radius 2 is 1.48 bits per heavy atom. The summed E-state index contributed by atoms with van der Waals surface area (Å²) >= 11 is 0. The number of fused-ring (bicyclic) bond motifs is 1. The number of likely N-dealkylation sites (N-methyl/N-ethyl adjacent to an activating group) is 2. The molecular weight excluding hydrogens is 1010 g/mol. The maximum atomic E-state index is 14.6. The number of aliphatic carboxylic acids is 1. The lowest BCUT2D eigenvalue weighted by Crippen LogP contribution is -2.60. The first-order valence-corrected chi connectivity index (χ1v) is 26.5. The van der Waals surface area contributed by atoms with E-state index < -0.39 is 72.3 Å². The van der Waals surface area contributed by atoms with Gasteiger partial charge >= 0.3 is 12.1 Å². The number of para-hydroxylation sites is 1. The molecule has 24 heteroatoms. The number of carbonyl (C=O) groups excluding carboxylic acids is 7. The highest BCUT2D eigenvalue weighted by Crippen LogP contribution is 2.30. The van der Waals surface area contributed by atoms with Gasteiger partial charge in [-0.3, -0.25) is 49.3 Å². The fourth-order valence-corrected chi connectivity index (χ4v) is 9.84. The molecule has 1 aliphatic heterocycles. The van der Waals surface area contributed by atoms with Crippen LogP contribution in [0.15, 0.2) is 30.5 Å². The number of halogens is 3. The van der Waals surface area contributed by atoms with Gasteiger partial charge in [-0.25, -0.2) is 4.79 Å². The zero-order valence-electron chi connectivity index (χ0n) is 46.8. The number of primary amides is 1. The van der Waals surface area contributed by atoms with Crippen molar-refractivity contribution in [3.8, 4) is 0 Å². The largest absolute Gasteiger partial charge is 0.490 e. The van der Waals surface area contributed by atoms with Crippen LogP contribution in [-0.4, -0.2) is 169 Å². The number of hydrogen-bond donors (Lipinski definition) is 8. The number of likely N-dealkylation sites (tertiary alicyclic amines) is 1. The van der Waals surface area contributed by atoms with Gasteiger partial charge in [-0.1, -0.05) is 79.5 Å². The van der Waals surface area contributed by atoms with Gasteiger partial charge in [-0.2, -0.15) is 13.2 Å². The van der Waals surface area contributed by atoms with Crippen molar-refractivity contribution < 1.29 is 66.1 Å². The number of carboxylic acid groups (broad SMARTS) is 1. The van der Waals surface area contributed by atoms with E-state index in [2.05, 4.69) is 26.5 Å². The smallest absolute Gasteiger partial charge is 0.475 e. The van der Waals surface area contributed by atoms with Crippen molar-refractivity contribution in [1.29, 1.82) is 0 Å². The van der Waals surface area contributed by atoms with Crippen molar-refractivity contribution >= 4 is 58.2 Å². The number of unbranched alkanes of at least 4 members (excludes halogenated alkanes) is 2. The third-order valence-electron chi connectivity index (χ3n) is 14.2. The normalized spacial score (nSPS) is 16.8. The number of benzene rings is 1. The van der Waals surface area contributed by atoms with Crippen LogP contribution in [0.3, 0.4) is 0 Å². The van der Waals surface area contributed by atoms with E-state index >= 15 is 0 Å². The zero-order chi connectivity index (χ0) is 58.3. The molecule has 2 aromatic rings. The molecule has 0 aliphatic carbocycles. The molecule has 0 spiro atoms. The van der Waals surface area contributed by atoms with E-state index in [0.717, 1.165) is 29.3 Å². The molecule has 9 atom stereocenters. The van der Waals surface area contributed by atoms with Gasteiger partial charge in [-0.15, -0.1) is 0 Å². The number of aromatic amines is 1. The molecule has 1 aliphatic rings. The van der Waals surface area contributed by atoms with E-state index in [4.69, 9.17) is 30.8 Å². The van der Waals surface area contributed by atoms with Gasteiger partial charge in [0.2, 0.25) is 41.4 Å². The number of amides is 7. The Labute approximate surface area is 451 Å². The summed E-state index contributed by atoms with van der Waals surface area (Å²) in [5, 5.41) is 14.0. The van der Waals surface area contributed by atoms with Gasteiger partial charge in [0.05, 0.1) is 42.7 Å². The van der Waals surface area contributed by atoms with Crippen LogP contribution in [0, 0.1) is 23.7 Å². The van der Waals surface area contributed by atoms with E-state index in [1.807, 2.05) is 84.0 Å². The zero-order valence-corrected chi connectivity index (χ0v) is 46.8. The Morgan fingerprint density at radius 3 is 2.01 bits per heavy atom. The number of hydrogen-bond acceptors (Lipinski definition) is 12. The quantitative estimate of drug-likeness (QED) is 0.0409. The summed E-state index contributed by atoms with van der Waals surface area (Å²) in [6.07, 6.45) is 0.633. The monoisotopic (exact) mass is 1100 g/mol. The van der Waals surface area contributed by atoms with E-state index in [1.54, 1.807) is 23.8 Å². The number of rotatable bonds is 30. The number of H-pyrrole nitrogens is 1. The van der Waals surface area contributed by atoms with Crippen molar-refractivity contribution in [2.75, 3.05) is 47.9 Å². The predicted molar refractivity (Wildman–Crippen MR) is 284 cm³/mol. The number of methoxy groups -OCH3 is 2. The van der Waals surface area contributed by atoms with Crippen LogP contribution in [-0.2, 0) is 54.3 Å². The highest BCUT2D eigenvalue weighted by atomic mass is 19.4. The van der Waals surface area contributed by atoms with Gasteiger partial charge in [-0.05, 0) is 81.6 Å². The predicted octanol–water partition coefficient (Wildman–Crippen LogP) is 3.78. The van der Waals surface area contributed by atoms with Crippen molar-refractivity contribution in [2.45, 2.75) is 168 Å². The number of carbonyl (C=O) groups is 8. The number of carboxylic acids is 1. The molecule has 0 unspecified atom stereocenters. The molecule has 10 N–H and O–H groups in total. The standard InChI is InChI=1S/C51H86N10O9.C2HF3O2/c1-12-33(6)46(60(9)51(68)44(31(2)3)56-50(67)45(32(4)5)59(8)26-19-24-42(63)58-57-41(62)23-14-13-17-25-52)40(69-10)29-43(64)61-27-18-22-39(61)47(70-11)34(7)49(66)55-38(48(53)65)28-35-30-54-37-21-16-15-20-36(35)37;3-2(4,5)1(6)7/h15-16,20-21,30-34,38-40,44-47,54H,12-14,17-19,22-29,52H2,1-11H3,(H2,53,65)(H,55,66)(H,56,67)(H,57,62)(H,58,63);(H,6,7)/t33-,34+,38-,39-,40+,44-,45-,46-,47+;/m0./s1. The summed E-state index contributed by atoms with van der Waals surface area (Å²) in [5.41, 5.74) is 18.0. The number of alkyl halides is 3. The first-order chi connectivity index (χ1) is 36.2. The summed E-state index contributed by atoms with van der Waals surface area (Å²) in [6, 6.07) is 4.19. The lowest BCUT2D eigenvalue weighted by atomic mass is 9.89. The molecule has 1 fully saturated rings. The molecular formula is C53H87F3N10O11. The number of aromatic nitrogens is 1. The molecule has 1 aromatic carbocycles. The highest BCUT2D eigenvalue weighted by Gasteiger charge is 2.44. The summed E-state index contributed by atoms with van der Waals surface area (Å²) in [4.78, 5) is 112. The Morgan fingerprint density at radius 1 is 0.870 bits per heavy atom. The van der Waals surface area contributed by atoms with Crippen molar-refractivity contribution in [2.24, 2.45) is 35.1 Å². The van der Waals surface area contributed by atoms with E-state index in [-0.39, 0.29) is 66.6 Å². The van der Waals surface area contributed by atoms with Crippen LogP contribution >= 0.6 is 0 Å². The Hall–Kier alpha value is -5.85. The Bertz CT molecular complexity index is 2230. The minimum Gasteiger partial charge on any atom is -0.475 e. The molecule has 3 rings (SSSR count). The average molecular weight is 1100 g/mol. The summed E-state index contributed by atoms with van der Waals surface area (Å²) in [7, 11) is 6.54. The van der Waals surface area contributed by atoms with Crippen LogP contribution in [0.1, 0.15) is 118 Å². The lowest BCUT2D eigenvalue weighted by molar-refractivity contribution is -0.192. The maximum absolute atomic E-state index is 14.6. The third kappa shape index (κ3) is 20.8. The molecule has 0 saturated carbocycles. The molecule has 1 saturated heterocycles. The van der Waals surface area contributed by atoms with Crippen LogP contribution in [0.25, 0.3) is 10.9 Å². The molecule has 2 heterocycles. The summed E-state index contributed by atoms with van der Waals surface area (Å²) < 4.78 is 43.8. The Balaban J connectivity index is 0.00000270.